The number of thioether (sulfide) groups is 1. The fourth-order valence-electron chi connectivity index (χ4n) is 5.59. The second kappa shape index (κ2) is 18.2. The predicted octanol–water partition coefficient (Wildman–Crippen LogP) is 8.28. The number of ether oxygens (including phenoxy) is 2. The van der Waals surface area contributed by atoms with Crippen LogP contribution in [0.3, 0.4) is 0 Å². The lowest BCUT2D eigenvalue weighted by Crippen LogP contribution is -2.39. The third-order valence-corrected chi connectivity index (χ3v) is 10.7. The zero-order valence-electron chi connectivity index (χ0n) is 31.2. The Balaban J connectivity index is 1.31. The molecule has 55 heavy (non-hydrogen) atoms. The van der Waals surface area contributed by atoms with Crippen LogP contribution in [-0.2, 0) is 32.0 Å². The first kappa shape index (κ1) is 40.7. The molecule has 1 atom stereocenters. The number of fused-ring (bicyclic) bond motifs is 1. The van der Waals surface area contributed by atoms with Gasteiger partial charge in [0.05, 0.1) is 24.0 Å². The molecule has 0 bridgehead atoms. The van der Waals surface area contributed by atoms with E-state index in [-0.39, 0.29) is 24.8 Å². The number of hydrogen-bond donors (Lipinski definition) is 3. The lowest BCUT2D eigenvalue weighted by atomic mass is 10.0. The summed E-state index contributed by atoms with van der Waals surface area (Å²) in [7, 11) is 0. The number of carbonyl (C=O) groups is 5. The van der Waals surface area contributed by atoms with Crippen molar-refractivity contribution in [2.45, 2.75) is 69.8 Å². The quantitative estimate of drug-likeness (QED) is 0.0740. The van der Waals surface area contributed by atoms with Crippen molar-refractivity contribution in [2.24, 2.45) is 0 Å². The van der Waals surface area contributed by atoms with Gasteiger partial charge in [0, 0.05) is 27.6 Å². The molecule has 1 aliphatic rings. The van der Waals surface area contributed by atoms with Crippen LogP contribution in [0.1, 0.15) is 77.8 Å². The summed E-state index contributed by atoms with van der Waals surface area (Å²) in [6, 6.07) is 20.9. The van der Waals surface area contributed by atoms with Gasteiger partial charge >= 0.3 is 12.1 Å². The van der Waals surface area contributed by atoms with Gasteiger partial charge in [0.1, 0.15) is 22.1 Å². The maximum Gasteiger partial charge on any atom is 0.410 e. The zero-order valence-corrected chi connectivity index (χ0v) is 32.8. The molecule has 14 heteroatoms. The van der Waals surface area contributed by atoms with Crippen LogP contribution < -0.4 is 16.0 Å². The number of rotatable bonds is 12. The van der Waals surface area contributed by atoms with Gasteiger partial charge in [-0.2, -0.15) is 0 Å². The first-order valence-electron chi connectivity index (χ1n) is 17.8. The van der Waals surface area contributed by atoms with Crippen LogP contribution in [0, 0.1) is 5.82 Å². The Bertz CT molecular complexity index is 2080. The highest BCUT2D eigenvalue weighted by atomic mass is 32.2. The standard InChI is InChI=1S/C41H43FN4O7S2/c1-6-32(37(49)45-38-34(39(50)52-7-2)30-20-21-46(24-33(30)55-38)40(51)53-41(3,4)5)54-29-15-11-14-28(23-29)43-36(48)31(22-25-16-18-27(42)19-17-25)44-35(47)26-12-9-8-10-13-26/h8-19,22-23,32H,6-7,20-21,24H2,1-5H3,(H,43,48)(H,44,47)(H,45,49)/b31-22+. The van der Waals surface area contributed by atoms with Crippen molar-refractivity contribution in [3.8, 4) is 0 Å². The fourth-order valence-corrected chi connectivity index (χ4v) is 7.85. The molecule has 1 unspecified atom stereocenters. The third-order valence-electron chi connectivity index (χ3n) is 8.17. The number of nitrogens with zero attached hydrogens (tertiary/aromatic N) is 1. The van der Waals surface area contributed by atoms with Crippen molar-refractivity contribution < 1.29 is 37.8 Å². The molecule has 0 saturated heterocycles. The summed E-state index contributed by atoms with van der Waals surface area (Å²) in [6.07, 6.45) is 1.84. The molecule has 288 valence electrons. The van der Waals surface area contributed by atoms with Gasteiger partial charge < -0.3 is 30.3 Å². The normalized spacial score (nSPS) is 13.3. The molecule has 11 nitrogen and oxygen atoms in total. The molecular formula is C41H43FN4O7S2. The number of benzene rings is 3. The van der Waals surface area contributed by atoms with Gasteiger partial charge in [0.2, 0.25) is 5.91 Å². The zero-order chi connectivity index (χ0) is 39.7. The van der Waals surface area contributed by atoms with E-state index in [9.17, 15) is 28.4 Å². The molecule has 2 heterocycles. The molecule has 0 spiro atoms. The van der Waals surface area contributed by atoms with Gasteiger partial charge in [-0.05, 0) is 100 Å². The predicted molar refractivity (Wildman–Crippen MR) is 213 cm³/mol. The third kappa shape index (κ3) is 11.0. The monoisotopic (exact) mass is 786 g/mol. The Kier molecular flexibility index (Phi) is 13.5. The second-order valence-corrected chi connectivity index (χ2v) is 15.9. The summed E-state index contributed by atoms with van der Waals surface area (Å²) < 4.78 is 24.5. The SMILES string of the molecule is CCOC(=O)c1c(NC(=O)C(CC)Sc2cccc(NC(=O)/C(=C\c3ccc(F)cc3)NC(=O)c3ccccc3)c2)sc2c1CCN(C(=O)OC(C)(C)C)C2. The number of esters is 1. The maximum absolute atomic E-state index is 13.8. The smallest absolute Gasteiger partial charge is 0.410 e. The van der Waals surface area contributed by atoms with Crippen molar-refractivity contribution in [3.63, 3.8) is 0 Å². The molecule has 0 radical (unpaired) electrons. The Morgan fingerprint density at radius 1 is 0.964 bits per heavy atom. The minimum Gasteiger partial charge on any atom is -0.462 e. The lowest BCUT2D eigenvalue weighted by molar-refractivity contribution is -0.116. The average molecular weight is 787 g/mol. The van der Waals surface area contributed by atoms with Gasteiger partial charge in [-0.3, -0.25) is 14.4 Å². The molecule has 1 aromatic heterocycles. The van der Waals surface area contributed by atoms with Crippen LogP contribution in [0.15, 0.2) is 89.5 Å². The van der Waals surface area contributed by atoms with Crippen LogP contribution in [0.4, 0.5) is 19.9 Å². The van der Waals surface area contributed by atoms with E-state index in [0.717, 1.165) is 10.4 Å². The molecule has 0 saturated carbocycles. The van der Waals surface area contributed by atoms with Gasteiger partial charge in [-0.25, -0.2) is 14.0 Å². The van der Waals surface area contributed by atoms with E-state index in [2.05, 4.69) is 16.0 Å². The van der Waals surface area contributed by atoms with Crippen LogP contribution in [0.5, 0.6) is 0 Å². The van der Waals surface area contributed by atoms with Crippen molar-refractivity contribution >= 4 is 69.6 Å². The number of hydrogen-bond acceptors (Lipinski definition) is 9. The van der Waals surface area contributed by atoms with Crippen LogP contribution in [0.2, 0.25) is 0 Å². The highest BCUT2D eigenvalue weighted by Crippen LogP contribution is 2.39. The van der Waals surface area contributed by atoms with Gasteiger partial charge in [-0.1, -0.05) is 43.3 Å². The molecule has 3 aromatic carbocycles. The molecule has 5 rings (SSSR count). The fraction of sp³-hybridized carbons (Fsp3) is 0.293. The van der Waals surface area contributed by atoms with Crippen molar-refractivity contribution in [3.05, 3.63) is 118 Å². The first-order valence-corrected chi connectivity index (χ1v) is 19.5. The van der Waals surface area contributed by atoms with E-state index in [1.54, 1.807) is 81.1 Å². The second-order valence-electron chi connectivity index (χ2n) is 13.5. The highest BCUT2D eigenvalue weighted by Gasteiger charge is 2.33. The van der Waals surface area contributed by atoms with E-state index in [1.807, 2.05) is 13.0 Å². The Hall–Kier alpha value is -5.47. The summed E-state index contributed by atoms with van der Waals surface area (Å²) in [6.45, 7) is 9.72. The topological polar surface area (TPSA) is 143 Å². The van der Waals surface area contributed by atoms with Crippen molar-refractivity contribution in [1.82, 2.24) is 10.2 Å². The van der Waals surface area contributed by atoms with E-state index in [0.29, 0.717) is 51.7 Å². The number of nitrogens with one attached hydrogen (secondary N) is 3. The van der Waals surface area contributed by atoms with E-state index >= 15 is 0 Å². The summed E-state index contributed by atoms with van der Waals surface area (Å²) in [5, 5.41) is 8.22. The summed E-state index contributed by atoms with van der Waals surface area (Å²) in [5.41, 5.74) is 1.58. The molecule has 4 amide bonds. The number of carbonyl (C=O) groups excluding carboxylic acids is 5. The Morgan fingerprint density at radius 2 is 1.69 bits per heavy atom. The van der Waals surface area contributed by atoms with Gasteiger partial charge in [0.25, 0.3) is 11.8 Å². The van der Waals surface area contributed by atoms with Gasteiger partial charge in [0.15, 0.2) is 0 Å². The minimum absolute atomic E-state index is 0.0606. The molecule has 3 N–H and O–H groups in total. The van der Waals surface area contributed by atoms with E-state index in [1.165, 1.54) is 53.4 Å². The van der Waals surface area contributed by atoms with Gasteiger partial charge in [-0.15, -0.1) is 23.1 Å². The van der Waals surface area contributed by atoms with E-state index < -0.39 is 40.5 Å². The first-order chi connectivity index (χ1) is 26.2. The molecule has 0 fully saturated rings. The summed E-state index contributed by atoms with van der Waals surface area (Å²) in [4.78, 5) is 69.4. The molecule has 4 aromatic rings. The van der Waals surface area contributed by atoms with Crippen molar-refractivity contribution in [1.29, 1.82) is 0 Å². The number of amides is 4. The lowest BCUT2D eigenvalue weighted by Gasteiger charge is -2.30. The Labute approximate surface area is 327 Å². The van der Waals surface area contributed by atoms with E-state index in [4.69, 9.17) is 9.47 Å². The van der Waals surface area contributed by atoms with Crippen LogP contribution in [0.25, 0.3) is 6.08 Å². The minimum atomic E-state index is -0.661. The highest BCUT2D eigenvalue weighted by molar-refractivity contribution is 8.00. The number of anilines is 2. The molecular weight excluding hydrogens is 744 g/mol. The summed E-state index contributed by atoms with van der Waals surface area (Å²) in [5.74, 6) is -2.42. The number of halogens is 1. The van der Waals surface area contributed by atoms with Crippen LogP contribution in [-0.4, -0.2) is 58.7 Å². The van der Waals surface area contributed by atoms with Crippen LogP contribution >= 0.6 is 23.1 Å². The van der Waals surface area contributed by atoms with Crippen molar-refractivity contribution in [2.75, 3.05) is 23.8 Å². The Morgan fingerprint density at radius 3 is 2.36 bits per heavy atom. The summed E-state index contributed by atoms with van der Waals surface area (Å²) >= 11 is 2.52. The molecule has 0 aliphatic carbocycles. The molecule has 1 aliphatic heterocycles. The largest absolute Gasteiger partial charge is 0.462 e. The average Bonchev–Trinajstić information content (AvgIpc) is 3.51. The maximum atomic E-state index is 13.8. The number of thiophene rings is 1.